The summed E-state index contributed by atoms with van der Waals surface area (Å²) in [4.78, 5) is 4.31. The van der Waals surface area contributed by atoms with Crippen LogP contribution in [0.3, 0.4) is 0 Å². The second kappa shape index (κ2) is 2.90. The zero-order chi connectivity index (χ0) is 10.3. The van der Waals surface area contributed by atoms with E-state index in [1.807, 2.05) is 30.3 Å². The van der Waals surface area contributed by atoms with Crippen LogP contribution in [0.4, 0.5) is 0 Å². The zero-order valence-corrected chi connectivity index (χ0v) is 8.18. The Morgan fingerprint density at radius 3 is 2.60 bits per heavy atom. The molecule has 1 fully saturated rings. The SMILES string of the molecule is NC1(c2nc(-c3ccccc3)no2)CC1. The predicted molar refractivity (Wildman–Crippen MR) is 54.8 cm³/mol. The molecule has 76 valence electrons. The van der Waals surface area contributed by atoms with Crippen molar-refractivity contribution in [2.24, 2.45) is 5.73 Å². The fraction of sp³-hybridized carbons (Fsp3) is 0.273. The van der Waals surface area contributed by atoms with Gasteiger partial charge in [0.05, 0.1) is 5.54 Å². The lowest BCUT2D eigenvalue weighted by molar-refractivity contribution is 0.348. The third-order valence-corrected chi connectivity index (χ3v) is 2.67. The smallest absolute Gasteiger partial charge is 0.247 e. The van der Waals surface area contributed by atoms with Crippen LogP contribution in [0.5, 0.6) is 0 Å². The minimum absolute atomic E-state index is 0.347. The van der Waals surface area contributed by atoms with E-state index in [0.29, 0.717) is 11.7 Å². The molecule has 1 saturated carbocycles. The van der Waals surface area contributed by atoms with Crippen molar-refractivity contribution in [2.45, 2.75) is 18.4 Å². The molecule has 0 bridgehead atoms. The van der Waals surface area contributed by atoms with Gasteiger partial charge in [0.15, 0.2) is 0 Å². The Hall–Kier alpha value is -1.68. The van der Waals surface area contributed by atoms with E-state index in [1.54, 1.807) is 0 Å². The van der Waals surface area contributed by atoms with Crippen LogP contribution >= 0.6 is 0 Å². The van der Waals surface area contributed by atoms with Gasteiger partial charge in [-0.1, -0.05) is 35.5 Å². The highest BCUT2D eigenvalue weighted by Crippen LogP contribution is 2.42. The van der Waals surface area contributed by atoms with E-state index in [-0.39, 0.29) is 5.54 Å². The van der Waals surface area contributed by atoms with Crippen LogP contribution in [0.1, 0.15) is 18.7 Å². The van der Waals surface area contributed by atoms with Crippen molar-refractivity contribution < 1.29 is 4.52 Å². The molecule has 0 atom stereocenters. The van der Waals surface area contributed by atoms with E-state index >= 15 is 0 Å². The Morgan fingerprint density at radius 2 is 1.93 bits per heavy atom. The zero-order valence-electron chi connectivity index (χ0n) is 8.18. The van der Waals surface area contributed by atoms with Gasteiger partial charge in [-0.3, -0.25) is 0 Å². The second-order valence-electron chi connectivity index (χ2n) is 3.95. The molecule has 1 aliphatic carbocycles. The van der Waals surface area contributed by atoms with Gasteiger partial charge in [0.2, 0.25) is 11.7 Å². The summed E-state index contributed by atoms with van der Waals surface area (Å²) in [7, 11) is 0. The maximum Gasteiger partial charge on any atom is 0.247 e. The van der Waals surface area contributed by atoms with Crippen molar-refractivity contribution in [1.29, 1.82) is 0 Å². The van der Waals surface area contributed by atoms with Gasteiger partial charge in [0, 0.05) is 5.56 Å². The van der Waals surface area contributed by atoms with E-state index in [2.05, 4.69) is 10.1 Å². The fourth-order valence-electron chi connectivity index (χ4n) is 1.48. The predicted octanol–water partition coefficient (Wildman–Crippen LogP) is 1.68. The number of benzene rings is 1. The first kappa shape index (κ1) is 8.61. The summed E-state index contributed by atoms with van der Waals surface area (Å²) >= 11 is 0. The molecule has 2 N–H and O–H groups in total. The first-order valence-electron chi connectivity index (χ1n) is 4.96. The van der Waals surface area contributed by atoms with E-state index in [9.17, 15) is 0 Å². The molecule has 1 aromatic carbocycles. The largest absolute Gasteiger partial charge is 0.337 e. The van der Waals surface area contributed by atoms with Gasteiger partial charge < -0.3 is 10.3 Å². The van der Waals surface area contributed by atoms with Crippen LogP contribution in [0.2, 0.25) is 0 Å². The molecule has 3 rings (SSSR count). The summed E-state index contributed by atoms with van der Waals surface area (Å²) in [5, 5.41) is 3.93. The Morgan fingerprint density at radius 1 is 1.20 bits per heavy atom. The van der Waals surface area contributed by atoms with Crippen molar-refractivity contribution in [3.05, 3.63) is 36.2 Å². The second-order valence-corrected chi connectivity index (χ2v) is 3.95. The normalized spacial score (nSPS) is 17.7. The number of hydrogen-bond donors (Lipinski definition) is 1. The first-order chi connectivity index (χ1) is 7.28. The molecule has 15 heavy (non-hydrogen) atoms. The molecule has 0 amide bonds. The minimum atomic E-state index is -0.347. The van der Waals surface area contributed by atoms with Gasteiger partial charge >= 0.3 is 0 Å². The van der Waals surface area contributed by atoms with Gasteiger partial charge in [0.1, 0.15) is 0 Å². The minimum Gasteiger partial charge on any atom is -0.337 e. The van der Waals surface area contributed by atoms with Crippen molar-refractivity contribution in [3.8, 4) is 11.4 Å². The Balaban J connectivity index is 1.97. The van der Waals surface area contributed by atoms with Crippen molar-refractivity contribution in [1.82, 2.24) is 10.1 Å². The highest BCUT2D eigenvalue weighted by Gasteiger charge is 2.45. The van der Waals surface area contributed by atoms with Crippen LogP contribution in [-0.4, -0.2) is 10.1 Å². The quantitative estimate of drug-likeness (QED) is 0.802. The summed E-state index contributed by atoms with van der Waals surface area (Å²) in [5.74, 6) is 1.17. The average molecular weight is 201 g/mol. The number of rotatable bonds is 2. The number of aromatic nitrogens is 2. The fourth-order valence-corrected chi connectivity index (χ4v) is 1.48. The lowest BCUT2D eigenvalue weighted by Crippen LogP contribution is -2.18. The molecule has 4 nitrogen and oxygen atoms in total. The van der Waals surface area contributed by atoms with Crippen molar-refractivity contribution in [3.63, 3.8) is 0 Å². The van der Waals surface area contributed by atoms with Crippen molar-refractivity contribution >= 4 is 0 Å². The molecular weight excluding hydrogens is 190 g/mol. The van der Waals surface area contributed by atoms with Crippen molar-refractivity contribution in [2.75, 3.05) is 0 Å². The number of nitrogens with zero attached hydrogens (tertiary/aromatic N) is 2. The number of nitrogens with two attached hydrogens (primary N) is 1. The Labute approximate surface area is 87.1 Å². The van der Waals surface area contributed by atoms with E-state index in [1.165, 1.54) is 0 Å². The van der Waals surface area contributed by atoms with Crippen LogP contribution in [0.25, 0.3) is 11.4 Å². The van der Waals surface area contributed by atoms with Gasteiger partial charge in [0.25, 0.3) is 0 Å². The first-order valence-corrected chi connectivity index (χ1v) is 4.96. The van der Waals surface area contributed by atoms with Crippen LogP contribution in [0.15, 0.2) is 34.9 Å². The number of hydrogen-bond acceptors (Lipinski definition) is 4. The summed E-state index contributed by atoms with van der Waals surface area (Å²) in [5.41, 5.74) is 6.57. The van der Waals surface area contributed by atoms with Gasteiger partial charge in [-0.2, -0.15) is 4.98 Å². The van der Waals surface area contributed by atoms with Crippen LogP contribution < -0.4 is 5.73 Å². The van der Waals surface area contributed by atoms with Crippen LogP contribution in [0, 0.1) is 0 Å². The standard InChI is InChI=1S/C11H11N3O/c12-11(6-7-11)10-13-9(14-15-10)8-4-2-1-3-5-8/h1-5H,6-7,12H2. The molecule has 2 aromatic rings. The third-order valence-electron chi connectivity index (χ3n) is 2.67. The molecule has 4 heteroatoms. The molecule has 1 aliphatic rings. The molecule has 0 spiro atoms. The summed E-state index contributed by atoms with van der Waals surface area (Å²) < 4.78 is 5.16. The Bertz CT molecular complexity index is 474. The summed E-state index contributed by atoms with van der Waals surface area (Å²) in [6, 6.07) is 9.74. The molecule has 1 heterocycles. The van der Waals surface area contributed by atoms with Gasteiger partial charge in [-0.05, 0) is 12.8 Å². The van der Waals surface area contributed by atoms with Gasteiger partial charge in [-0.15, -0.1) is 0 Å². The molecule has 0 aliphatic heterocycles. The lowest BCUT2D eigenvalue weighted by atomic mass is 10.2. The third kappa shape index (κ3) is 1.43. The maximum absolute atomic E-state index is 5.96. The lowest BCUT2D eigenvalue weighted by Gasteiger charge is -1.97. The van der Waals surface area contributed by atoms with Crippen LogP contribution in [-0.2, 0) is 5.54 Å². The molecule has 0 radical (unpaired) electrons. The van der Waals surface area contributed by atoms with Gasteiger partial charge in [-0.25, -0.2) is 0 Å². The highest BCUT2D eigenvalue weighted by atomic mass is 16.5. The summed E-state index contributed by atoms with van der Waals surface area (Å²) in [6.07, 6.45) is 1.87. The molecule has 0 unspecified atom stereocenters. The van der Waals surface area contributed by atoms with E-state index < -0.39 is 0 Å². The molecule has 0 saturated heterocycles. The highest BCUT2D eigenvalue weighted by molar-refractivity contribution is 5.53. The summed E-state index contributed by atoms with van der Waals surface area (Å²) in [6.45, 7) is 0. The maximum atomic E-state index is 5.96. The molecule has 1 aromatic heterocycles. The van der Waals surface area contributed by atoms with E-state index in [0.717, 1.165) is 18.4 Å². The topological polar surface area (TPSA) is 64.9 Å². The Kier molecular flexibility index (Phi) is 1.67. The molecular formula is C11H11N3O. The van der Waals surface area contributed by atoms with E-state index in [4.69, 9.17) is 10.3 Å². The average Bonchev–Trinajstić information content (AvgIpc) is 2.85. The monoisotopic (exact) mass is 201 g/mol.